The Morgan fingerprint density at radius 2 is 1.92 bits per heavy atom. The molecule has 1 saturated heterocycles. The number of nitrogens with one attached hydrogen (secondary N) is 1. The lowest BCUT2D eigenvalue weighted by atomic mass is 10.3. The largest absolute Gasteiger partial charge is 0.450 e. The third-order valence-corrected chi connectivity index (χ3v) is 5.17. The third kappa shape index (κ3) is 5.59. The quantitative estimate of drug-likeness (QED) is 0.637. The van der Waals surface area contributed by atoms with Crippen LogP contribution >= 0.6 is 11.3 Å². The van der Waals surface area contributed by atoms with Crippen LogP contribution in [0.4, 0.5) is 4.79 Å². The van der Waals surface area contributed by atoms with Crippen molar-refractivity contribution in [3.05, 3.63) is 15.6 Å². The fraction of sp³-hybridized carbons (Fsp3) is 0.706. The summed E-state index contributed by atoms with van der Waals surface area (Å²) in [6, 6.07) is 0. The Kier molecular flexibility index (Phi) is 7.49. The molecule has 1 N–H and O–H groups in total. The van der Waals surface area contributed by atoms with Gasteiger partial charge in [-0.3, -0.25) is 4.99 Å². The van der Waals surface area contributed by atoms with Gasteiger partial charge in [0, 0.05) is 50.6 Å². The highest BCUT2D eigenvalue weighted by molar-refractivity contribution is 7.11. The van der Waals surface area contributed by atoms with Gasteiger partial charge in [0.1, 0.15) is 0 Å². The number of thiazole rings is 1. The molecule has 0 unspecified atom stereocenters. The molecule has 1 aliphatic heterocycles. The number of aryl methyl sites for hydroxylation is 2. The minimum absolute atomic E-state index is 0.222. The second-order valence-corrected chi connectivity index (χ2v) is 7.19. The van der Waals surface area contributed by atoms with Crippen molar-refractivity contribution in [3.63, 3.8) is 0 Å². The molecule has 2 rings (SSSR count). The van der Waals surface area contributed by atoms with Crippen LogP contribution in [0.2, 0.25) is 0 Å². The predicted octanol–water partition coefficient (Wildman–Crippen LogP) is 2.04. The van der Waals surface area contributed by atoms with Crippen LogP contribution in [-0.2, 0) is 11.2 Å². The smallest absolute Gasteiger partial charge is 0.409 e. The number of hydrogen-bond acceptors (Lipinski definition) is 5. The van der Waals surface area contributed by atoms with Crippen molar-refractivity contribution in [3.8, 4) is 0 Å². The maximum atomic E-state index is 11.8. The van der Waals surface area contributed by atoms with Gasteiger partial charge < -0.3 is 19.9 Å². The SMILES string of the molecule is CCNC(=NCCc1sc(C)nc1C)N1CCN(C(=O)OCC)CC1. The molecule has 0 atom stereocenters. The number of carbonyl (C=O) groups is 1. The van der Waals surface area contributed by atoms with Gasteiger partial charge in [-0.05, 0) is 27.7 Å². The highest BCUT2D eigenvalue weighted by Gasteiger charge is 2.23. The van der Waals surface area contributed by atoms with E-state index in [9.17, 15) is 4.79 Å². The maximum Gasteiger partial charge on any atom is 0.409 e. The molecule has 0 radical (unpaired) electrons. The zero-order valence-electron chi connectivity index (χ0n) is 15.7. The van der Waals surface area contributed by atoms with Gasteiger partial charge in [-0.25, -0.2) is 9.78 Å². The Morgan fingerprint density at radius 3 is 2.48 bits per heavy atom. The first-order valence-corrected chi connectivity index (χ1v) is 9.74. The number of rotatable bonds is 5. The zero-order valence-corrected chi connectivity index (χ0v) is 16.5. The summed E-state index contributed by atoms with van der Waals surface area (Å²) in [6.07, 6.45) is 0.690. The number of aliphatic imine (C=N–C) groups is 1. The number of nitrogens with zero attached hydrogens (tertiary/aromatic N) is 4. The van der Waals surface area contributed by atoms with E-state index in [0.29, 0.717) is 19.7 Å². The Bertz CT molecular complexity index is 594. The normalized spacial score (nSPS) is 15.4. The topological polar surface area (TPSA) is 70.1 Å². The Hall–Kier alpha value is -1.83. The summed E-state index contributed by atoms with van der Waals surface area (Å²) in [6.45, 7) is 12.8. The van der Waals surface area contributed by atoms with Crippen molar-refractivity contribution in [2.24, 2.45) is 4.99 Å². The van der Waals surface area contributed by atoms with Crippen LogP contribution in [0.1, 0.15) is 29.4 Å². The number of carbonyl (C=O) groups excluding carboxylic acids is 1. The lowest BCUT2D eigenvalue weighted by Crippen LogP contribution is -2.54. The number of hydrogen-bond donors (Lipinski definition) is 1. The molecule has 25 heavy (non-hydrogen) atoms. The second kappa shape index (κ2) is 9.60. The van der Waals surface area contributed by atoms with Crippen molar-refractivity contribution in [1.29, 1.82) is 0 Å². The lowest BCUT2D eigenvalue weighted by molar-refractivity contribution is 0.0914. The standard InChI is InChI=1S/C17H29N5O2S/c1-5-18-16(19-8-7-15-13(3)20-14(4)25-15)21-9-11-22(12-10-21)17(23)24-6-2/h5-12H2,1-4H3,(H,18,19). The summed E-state index contributed by atoms with van der Waals surface area (Å²) in [5, 5.41) is 4.47. The molecule has 1 amide bonds. The second-order valence-electron chi connectivity index (χ2n) is 5.90. The summed E-state index contributed by atoms with van der Waals surface area (Å²) < 4.78 is 5.07. The molecule has 0 aromatic carbocycles. The molecule has 0 spiro atoms. The zero-order chi connectivity index (χ0) is 18.2. The monoisotopic (exact) mass is 367 g/mol. The highest BCUT2D eigenvalue weighted by Crippen LogP contribution is 2.17. The summed E-state index contributed by atoms with van der Waals surface area (Å²) in [5.74, 6) is 0.921. The van der Waals surface area contributed by atoms with E-state index in [0.717, 1.165) is 49.3 Å². The lowest BCUT2D eigenvalue weighted by Gasteiger charge is -2.35. The fourth-order valence-electron chi connectivity index (χ4n) is 2.81. The van der Waals surface area contributed by atoms with E-state index in [1.165, 1.54) is 4.88 Å². The van der Waals surface area contributed by atoms with Crippen LogP contribution in [0.5, 0.6) is 0 Å². The first-order valence-electron chi connectivity index (χ1n) is 8.93. The van der Waals surface area contributed by atoms with E-state index < -0.39 is 0 Å². The molecule has 7 nitrogen and oxygen atoms in total. The summed E-state index contributed by atoms with van der Waals surface area (Å²) in [5.41, 5.74) is 1.12. The molecular formula is C17H29N5O2S. The maximum absolute atomic E-state index is 11.8. The molecule has 2 heterocycles. The predicted molar refractivity (Wildman–Crippen MR) is 101 cm³/mol. The molecule has 8 heteroatoms. The molecule has 1 aliphatic rings. The number of amides is 1. The van der Waals surface area contributed by atoms with Gasteiger partial charge >= 0.3 is 6.09 Å². The Balaban J connectivity index is 1.89. The van der Waals surface area contributed by atoms with E-state index in [1.54, 1.807) is 16.2 Å². The molecule has 0 saturated carbocycles. The first kappa shape index (κ1) is 19.5. The molecular weight excluding hydrogens is 338 g/mol. The third-order valence-electron chi connectivity index (χ3n) is 4.04. The molecule has 1 aromatic rings. The van der Waals surface area contributed by atoms with Crippen LogP contribution in [0, 0.1) is 13.8 Å². The molecule has 0 bridgehead atoms. The minimum Gasteiger partial charge on any atom is -0.450 e. The minimum atomic E-state index is -0.222. The van der Waals surface area contributed by atoms with Crippen molar-refractivity contribution < 1.29 is 9.53 Å². The van der Waals surface area contributed by atoms with Gasteiger partial charge in [0.2, 0.25) is 0 Å². The van der Waals surface area contributed by atoms with E-state index >= 15 is 0 Å². The van der Waals surface area contributed by atoms with Gasteiger partial charge in [0.15, 0.2) is 5.96 Å². The van der Waals surface area contributed by atoms with Gasteiger partial charge in [0.05, 0.1) is 17.3 Å². The van der Waals surface area contributed by atoms with Gasteiger partial charge in [-0.15, -0.1) is 11.3 Å². The number of guanidine groups is 1. The molecule has 1 aromatic heterocycles. The van der Waals surface area contributed by atoms with Crippen LogP contribution in [0.15, 0.2) is 4.99 Å². The number of aromatic nitrogens is 1. The Morgan fingerprint density at radius 1 is 1.24 bits per heavy atom. The van der Waals surface area contributed by atoms with Gasteiger partial charge in [0.25, 0.3) is 0 Å². The molecule has 140 valence electrons. The first-order chi connectivity index (χ1) is 12.0. The van der Waals surface area contributed by atoms with Crippen molar-refractivity contribution in [1.82, 2.24) is 20.1 Å². The van der Waals surface area contributed by atoms with Crippen LogP contribution in [-0.4, -0.2) is 72.7 Å². The Labute approximate surface area is 154 Å². The van der Waals surface area contributed by atoms with E-state index in [1.807, 2.05) is 13.8 Å². The van der Waals surface area contributed by atoms with Crippen LogP contribution in [0.3, 0.4) is 0 Å². The van der Waals surface area contributed by atoms with Crippen molar-refractivity contribution in [2.75, 3.05) is 45.9 Å². The fourth-order valence-corrected chi connectivity index (χ4v) is 3.74. The molecule has 1 fully saturated rings. The highest BCUT2D eigenvalue weighted by atomic mass is 32.1. The summed E-state index contributed by atoms with van der Waals surface area (Å²) in [4.78, 5) is 26.3. The van der Waals surface area contributed by atoms with Crippen molar-refractivity contribution >= 4 is 23.4 Å². The van der Waals surface area contributed by atoms with Crippen LogP contribution in [0.25, 0.3) is 0 Å². The van der Waals surface area contributed by atoms with Crippen LogP contribution < -0.4 is 5.32 Å². The number of ether oxygens (including phenoxy) is 1. The summed E-state index contributed by atoms with van der Waals surface area (Å²) in [7, 11) is 0. The summed E-state index contributed by atoms with van der Waals surface area (Å²) >= 11 is 1.75. The van der Waals surface area contributed by atoms with E-state index in [2.05, 4.69) is 29.0 Å². The van der Waals surface area contributed by atoms with E-state index in [4.69, 9.17) is 9.73 Å². The number of piperazine rings is 1. The molecule has 0 aliphatic carbocycles. The average Bonchev–Trinajstić information content (AvgIpc) is 2.92. The average molecular weight is 368 g/mol. The van der Waals surface area contributed by atoms with E-state index in [-0.39, 0.29) is 6.09 Å². The van der Waals surface area contributed by atoms with Crippen molar-refractivity contribution in [2.45, 2.75) is 34.1 Å². The van der Waals surface area contributed by atoms with Gasteiger partial charge in [-0.1, -0.05) is 0 Å². The van der Waals surface area contributed by atoms with Gasteiger partial charge in [-0.2, -0.15) is 0 Å².